The molecule has 0 aromatic heterocycles. The van der Waals surface area contributed by atoms with E-state index in [1.54, 1.807) is 18.2 Å². The molecule has 0 aliphatic rings. The van der Waals surface area contributed by atoms with Crippen LogP contribution >= 0.6 is 0 Å². The topological polar surface area (TPSA) is 113 Å². The lowest BCUT2D eigenvalue weighted by molar-refractivity contribution is 0.0698. The van der Waals surface area contributed by atoms with Crippen LogP contribution in [0.3, 0.4) is 0 Å². The number of aromatic carboxylic acids is 1. The second-order valence-corrected chi connectivity index (χ2v) is 2.58. The van der Waals surface area contributed by atoms with Gasteiger partial charge in [-0.3, -0.25) is 5.41 Å². The van der Waals surface area contributed by atoms with Gasteiger partial charge in [0.2, 0.25) is 0 Å². The van der Waals surface area contributed by atoms with Crippen molar-refractivity contribution in [2.24, 2.45) is 5.73 Å². The first kappa shape index (κ1) is 12.0. The number of nitrogens with one attached hydrogen (secondary N) is 1. The number of carbonyl (C=O) groups is 1. The number of nitrogens with two attached hydrogens (primary N) is 2. The van der Waals surface area contributed by atoms with Gasteiger partial charge in [-0.15, -0.1) is 0 Å². The van der Waals surface area contributed by atoms with Gasteiger partial charge in [0, 0.05) is 5.69 Å². The minimum absolute atomic E-state index is 0.155. The average molecular weight is 195 g/mol. The van der Waals surface area contributed by atoms with E-state index in [0.29, 0.717) is 5.69 Å². The minimum atomic E-state index is -0.988. The Labute approximate surface area is 81.9 Å². The van der Waals surface area contributed by atoms with Crippen molar-refractivity contribution in [2.45, 2.75) is 6.92 Å². The number of benzene rings is 1. The van der Waals surface area contributed by atoms with E-state index in [9.17, 15) is 4.79 Å². The Morgan fingerprint density at radius 2 is 1.86 bits per heavy atom. The molecule has 0 unspecified atom stereocenters. The van der Waals surface area contributed by atoms with E-state index in [2.05, 4.69) is 0 Å². The molecule has 0 spiro atoms. The van der Waals surface area contributed by atoms with Crippen molar-refractivity contribution in [1.29, 1.82) is 5.41 Å². The van der Waals surface area contributed by atoms with Gasteiger partial charge in [0.25, 0.3) is 0 Å². The third-order valence-corrected chi connectivity index (χ3v) is 1.19. The summed E-state index contributed by atoms with van der Waals surface area (Å²) >= 11 is 0. The molecule has 1 aromatic carbocycles. The minimum Gasteiger partial charge on any atom is -0.478 e. The summed E-state index contributed by atoms with van der Waals surface area (Å²) in [6.07, 6.45) is 0. The normalized spacial score (nSPS) is 8.36. The second-order valence-electron chi connectivity index (χ2n) is 2.58. The smallest absolute Gasteiger partial charge is 0.337 e. The number of amidine groups is 1. The first-order valence-corrected chi connectivity index (χ1v) is 3.83. The molecule has 0 heterocycles. The fourth-order valence-electron chi connectivity index (χ4n) is 0.692. The predicted molar refractivity (Wildman–Crippen MR) is 55.4 cm³/mol. The molecule has 0 bridgehead atoms. The zero-order chi connectivity index (χ0) is 11.1. The van der Waals surface area contributed by atoms with Crippen LogP contribution in [0.25, 0.3) is 0 Å². The lowest BCUT2D eigenvalue weighted by Crippen LogP contribution is -2.00. The van der Waals surface area contributed by atoms with Crippen LogP contribution in [0.1, 0.15) is 17.3 Å². The van der Waals surface area contributed by atoms with Crippen LogP contribution in [-0.2, 0) is 0 Å². The molecule has 76 valence electrons. The number of anilines is 1. The van der Waals surface area contributed by atoms with E-state index in [1.165, 1.54) is 13.0 Å². The number of rotatable bonds is 1. The number of hydrogen-bond acceptors (Lipinski definition) is 3. The van der Waals surface area contributed by atoms with E-state index in [0.717, 1.165) is 0 Å². The van der Waals surface area contributed by atoms with E-state index in [-0.39, 0.29) is 11.4 Å². The Kier molecular flexibility index (Phi) is 4.77. The SMILES string of the molecule is CC(=N)N.Nc1ccccc1C(=O)O. The highest BCUT2D eigenvalue weighted by Crippen LogP contribution is 2.08. The van der Waals surface area contributed by atoms with Gasteiger partial charge >= 0.3 is 5.97 Å². The quantitative estimate of drug-likeness (QED) is 0.303. The van der Waals surface area contributed by atoms with Gasteiger partial charge in [-0.05, 0) is 19.1 Å². The van der Waals surface area contributed by atoms with E-state index in [4.69, 9.17) is 22.0 Å². The van der Waals surface area contributed by atoms with Crippen molar-refractivity contribution in [2.75, 3.05) is 5.73 Å². The van der Waals surface area contributed by atoms with Gasteiger partial charge in [-0.1, -0.05) is 12.1 Å². The predicted octanol–water partition coefficient (Wildman–Crippen LogP) is 0.909. The highest BCUT2D eigenvalue weighted by atomic mass is 16.4. The van der Waals surface area contributed by atoms with Gasteiger partial charge in [0.1, 0.15) is 0 Å². The molecule has 0 atom stereocenters. The summed E-state index contributed by atoms with van der Waals surface area (Å²) in [5.41, 5.74) is 10.5. The third kappa shape index (κ3) is 4.76. The summed E-state index contributed by atoms with van der Waals surface area (Å²) < 4.78 is 0. The van der Waals surface area contributed by atoms with E-state index in [1.807, 2.05) is 0 Å². The summed E-state index contributed by atoms with van der Waals surface area (Å²) in [5.74, 6) is -0.821. The van der Waals surface area contributed by atoms with Gasteiger partial charge in [-0.25, -0.2) is 4.79 Å². The Hall–Kier alpha value is -2.04. The second kappa shape index (κ2) is 5.58. The van der Waals surface area contributed by atoms with Crippen molar-refractivity contribution in [3.05, 3.63) is 29.8 Å². The molecule has 0 aliphatic heterocycles. The molecule has 0 amide bonds. The monoisotopic (exact) mass is 195 g/mol. The molecule has 0 saturated heterocycles. The standard InChI is InChI=1S/C7H7NO2.C2H6N2/c8-6-4-2-1-3-5(6)7(9)10;1-2(3)4/h1-4H,8H2,(H,9,10);1H3,(H3,3,4). The Bertz CT molecular complexity index is 333. The molecular weight excluding hydrogens is 182 g/mol. The van der Waals surface area contributed by atoms with Crippen LogP contribution in [0.15, 0.2) is 24.3 Å². The molecular formula is C9H13N3O2. The van der Waals surface area contributed by atoms with Crippen molar-refractivity contribution >= 4 is 17.5 Å². The van der Waals surface area contributed by atoms with Crippen LogP contribution in [0.2, 0.25) is 0 Å². The molecule has 5 heteroatoms. The number of nitrogen functional groups attached to an aromatic ring is 1. The lowest BCUT2D eigenvalue weighted by Gasteiger charge is -1.96. The zero-order valence-electron chi connectivity index (χ0n) is 7.82. The van der Waals surface area contributed by atoms with Crippen LogP contribution in [0, 0.1) is 5.41 Å². The summed E-state index contributed by atoms with van der Waals surface area (Å²) in [5, 5.41) is 14.8. The number of para-hydroxylation sites is 1. The number of hydrogen-bond donors (Lipinski definition) is 4. The van der Waals surface area contributed by atoms with Gasteiger partial charge in [-0.2, -0.15) is 0 Å². The van der Waals surface area contributed by atoms with Crippen LogP contribution < -0.4 is 11.5 Å². The fourth-order valence-corrected chi connectivity index (χ4v) is 0.692. The third-order valence-electron chi connectivity index (χ3n) is 1.19. The summed E-state index contributed by atoms with van der Waals surface area (Å²) in [7, 11) is 0. The van der Waals surface area contributed by atoms with Crippen molar-refractivity contribution < 1.29 is 9.90 Å². The van der Waals surface area contributed by atoms with E-state index < -0.39 is 5.97 Å². The van der Waals surface area contributed by atoms with Crippen LogP contribution in [-0.4, -0.2) is 16.9 Å². The maximum Gasteiger partial charge on any atom is 0.337 e. The summed E-state index contributed by atoms with van der Waals surface area (Å²) in [4.78, 5) is 10.3. The van der Waals surface area contributed by atoms with Gasteiger partial charge in [0.15, 0.2) is 0 Å². The maximum atomic E-state index is 10.3. The van der Waals surface area contributed by atoms with Gasteiger partial charge in [0.05, 0.1) is 11.4 Å². The Morgan fingerprint density at radius 3 is 2.14 bits per heavy atom. The molecule has 1 aromatic rings. The van der Waals surface area contributed by atoms with Gasteiger partial charge < -0.3 is 16.6 Å². The maximum absolute atomic E-state index is 10.3. The Morgan fingerprint density at radius 1 is 1.43 bits per heavy atom. The van der Waals surface area contributed by atoms with Crippen molar-refractivity contribution in [3.8, 4) is 0 Å². The highest BCUT2D eigenvalue weighted by molar-refractivity contribution is 5.93. The van der Waals surface area contributed by atoms with E-state index >= 15 is 0 Å². The molecule has 14 heavy (non-hydrogen) atoms. The summed E-state index contributed by atoms with van der Waals surface area (Å²) in [6.45, 7) is 1.53. The first-order chi connectivity index (χ1) is 6.45. The first-order valence-electron chi connectivity index (χ1n) is 3.83. The number of carboxylic acid groups (broad SMARTS) is 1. The highest BCUT2D eigenvalue weighted by Gasteiger charge is 2.03. The summed E-state index contributed by atoms with van der Waals surface area (Å²) in [6, 6.07) is 6.36. The molecule has 5 nitrogen and oxygen atoms in total. The molecule has 1 rings (SSSR count). The van der Waals surface area contributed by atoms with Crippen molar-refractivity contribution in [1.82, 2.24) is 0 Å². The van der Waals surface area contributed by atoms with Crippen LogP contribution in [0.4, 0.5) is 5.69 Å². The average Bonchev–Trinajstić information content (AvgIpc) is 2.03. The lowest BCUT2D eigenvalue weighted by atomic mass is 10.2. The van der Waals surface area contributed by atoms with Crippen LogP contribution in [0.5, 0.6) is 0 Å². The zero-order valence-corrected chi connectivity index (χ0v) is 7.82. The molecule has 0 aliphatic carbocycles. The largest absolute Gasteiger partial charge is 0.478 e. The molecule has 6 N–H and O–H groups in total. The fraction of sp³-hybridized carbons (Fsp3) is 0.111. The Balaban J connectivity index is 0.000000364. The molecule has 0 fully saturated rings. The number of carboxylic acids is 1. The van der Waals surface area contributed by atoms with Crippen molar-refractivity contribution in [3.63, 3.8) is 0 Å². The molecule has 0 saturated carbocycles. The molecule has 0 radical (unpaired) electrons.